The minimum atomic E-state index is -0.750. The fourth-order valence-electron chi connectivity index (χ4n) is 2.59. The van der Waals surface area contributed by atoms with Gasteiger partial charge >= 0.3 is 0 Å². The third-order valence-electron chi connectivity index (χ3n) is 4.03. The molecule has 1 atom stereocenters. The van der Waals surface area contributed by atoms with E-state index in [0.717, 1.165) is 11.8 Å². The van der Waals surface area contributed by atoms with Gasteiger partial charge in [-0.15, -0.1) is 0 Å². The molecule has 3 rings (SSSR count). The lowest BCUT2D eigenvalue weighted by atomic mass is 10.2. The largest absolute Gasteiger partial charge is 0.495 e. The molecule has 0 bridgehead atoms. The molecule has 0 aromatic heterocycles. The van der Waals surface area contributed by atoms with E-state index in [4.69, 9.17) is 32.7 Å². The number of anilines is 1. The number of halogens is 3. The van der Waals surface area contributed by atoms with Crippen LogP contribution >= 0.6 is 35.0 Å². The monoisotopic (exact) mass is 471 g/mol. The zero-order valence-corrected chi connectivity index (χ0v) is 18.1. The van der Waals surface area contributed by atoms with E-state index >= 15 is 0 Å². The third-order valence-corrected chi connectivity index (χ3v) is 5.70. The summed E-state index contributed by atoms with van der Waals surface area (Å²) in [6.07, 6.45) is -0.0489. The molecule has 30 heavy (non-hydrogen) atoms. The maximum atomic E-state index is 13.3. The van der Waals surface area contributed by atoms with Crippen LogP contribution in [-0.4, -0.2) is 36.5 Å². The molecule has 2 aromatic carbocycles. The van der Waals surface area contributed by atoms with E-state index < -0.39 is 17.0 Å². The minimum Gasteiger partial charge on any atom is -0.495 e. The number of benzene rings is 2. The van der Waals surface area contributed by atoms with Crippen LogP contribution in [0.2, 0.25) is 10.0 Å². The van der Waals surface area contributed by atoms with Crippen molar-refractivity contribution < 1.29 is 23.5 Å². The molecule has 1 saturated heterocycles. The summed E-state index contributed by atoms with van der Waals surface area (Å²) >= 11 is 12.9. The van der Waals surface area contributed by atoms with Crippen LogP contribution in [0.25, 0.3) is 0 Å². The van der Waals surface area contributed by atoms with E-state index in [2.05, 4.69) is 15.6 Å². The molecule has 2 aromatic rings. The molecule has 158 valence electrons. The zero-order valence-electron chi connectivity index (χ0n) is 15.8. The SMILES string of the molecule is COc1cc(NC(=O)C2CC(=O)NC(=Nc3ccc(F)c(Cl)c3)S2)c(OC)cc1Cl. The lowest BCUT2D eigenvalue weighted by molar-refractivity contribution is -0.123. The Bertz CT molecular complexity index is 1040. The van der Waals surface area contributed by atoms with Gasteiger partial charge in [0.1, 0.15) is 22.6 Å². The van der Waals surface area contributed by atoms with Crippen LogP contribution in [0.5, 0.6) is 11.5 Å². The number of aliphatic imine (C=N–C) groups is 1. The first-order chi connectivity index (χ1) is 14.3. The van der Waals surface area contributed by atoms with Crippen molar-refractivity contribution in [2.24, 2.45) is 4.99 Å². The van der Waals surface area contributed by atoms with E-state index in [1.54, 1.807) is 0 Å². The lowest BCUT2D eigenvalue weighted by Gasteiger charge is -2.23. The van der Waals surface area contributed by atoms with Gasteiger partial charge in [-0.1, -0.05) is 35.0 Å². The van der Waals surface area contributed by atoms with Crippen LogP contribution in [0.3, 0.4) is 0 Å². The average Bonchev–Trinajstić information content (AvgIpc) is 2.71. The summed E-state index contributed by atoms with van der Waals surface area (Å²) in [5.41, 5.74) is 0.688. The van der Waals surface area contributed by atoms with Gasteiger partial charge in [0.05, 0.1) is 35.6 Å². The zero-order chi connectivity index (χ0) is 21.8. The number of hydrogen-bond donors (Lipinski definition) is 2. The molecule has 2 N–H and O–H groups in total. The minimum absolute atomic E-state index is 0.0489. The molecule has 1 heterocycles. The molecule has 11 heteroatoms. The van der Waals surface area contributed by atoms with Gasteiger partial charge in [-0.3, -0.25) is 9.59 Å². The Morgan fingerprint density at radius 1 is 1.20 bits per heavy atom. The number of methoxy groups -OCH3 is 2. The lowest BCUT2D eigenvalue weighted by Crippen LogP contribution is -2.41. The van der Waals surface area contributed by atoms with Crippen molar-refractivity contribution in [1.82, 2.24) is 5.32 Å². The smallest absolute Gasteiger partial charge is 0.238 e. The fraction of sp³-hybridized carbons (Fsp3) is 0.211. The van der Waals surface area contributed by atoms with Crippen molar-refractivity contribution in [2.75, 3.05) is 19.5 Å². The molecular weight excluding hydrogens is 456 g/mol. The Morgan fingerprint density at radius 3 is 2.60 bits per heavy atom. The van der Waals surface area contributed by atoms with E-state index in [9.17, 15) is 14.0 Å². The van der Waals surface area contributed by atoms with Crippen molar-refractivity contribution in [3.05, 3.63) is 46.2 Å². The Labute approximate surface area is 185 Å². The topological polar surface area (TPSA) is 89.0 Å². The first-order valence-electron chi connectivity index (χ1n) is 8.53. The second-order valence-electron chi connectivity index (χ2n) is 6.05. The molecule has 1 aliphatic heterocycles. The number of carbonyl (C=O) groups excluding carboxylic acids is 2. The molecule has 1 unspecified atom stereocenters. The average molecular weight is 472 g/mol. The normalized spacial score (nSPS) is 17.4. The summed E-state index contributed by atoms with van der Waals surface area (Å²) in [5, 5.41) is 5.00. The van der Waals surface area contributed by atoms with Gasteiger partial charge in [-0.2, -0.15) is 0 Å². The summed E-state index contributed by atoms with van der Waals surface area (Å²) < 4.78 is 23.7. The van der Waals surface area contributed by atoms with Crippen molar-refractivity contribution in [1.29, 1.82) is 0 Å². The highest BCUT2D eigenvalue weighted by Gasteiger charge is 2.31. The van der Waals surface area contributed by atoms with E-state index in [0.29, 0.717) is 27.9 Å². The predicted molar refractivity (Wildman–Crippen MR) is 116 cm³/mol. The Hall–Kier alpha value is -2.49. The summed E-state index contributed by atoms with van der Waals surface area (Å²) in [6.45, 7) is 0. The maximum Gasteiger partial charge on any atom is 0.238 e. The van der Waals surface area contributed by atoms with Crippen LogP contribution in [0.15, 0.2) is 35.3 Å². The molecule has 7 nitrogen and oxygen atoms in total. The standard InChI is InChI=1S/C19H16Cl2FN3O4S/c1-28-14-7-13(15(29-2)6-11(14)21)24-18(27)16-8-17(26)25-19(30-16)23-9-3-4-12(22)10(20)5-9/h3-7,16H,8H2,1-2H3,(H,24,27)(H,23,25,26). The quantitative estimate of drug-likeness (QED) is 0.674. The summed E-state index contributed by atoms with van der Waals surface area (Å²) in [5.74, 6) is -0.680. The molecule has 0 spiro atoms. The molecule has 1 fully saturated rings. The van der Waals surface area contributed by atoms with Gasteiger partial charge in [-0.25, -0.2) is 9.38 Å². The number of hydrogen-bond acceptors (Lipinski definition) is 6. The first-order valence-corrected chi connectivity index (χ1v) is 10.2. The summed E-state index contributed by atoms with van der Waals surface area (Å²) in [6, 6.07) is 6.95. The molecule has 0 aliphatic carbocycles. The van der Waals surface area contributed by atoms with Crippen LogP contribution in [0, 0.1) is 5.82 Å². The van der Waals surface area contributed by atoms with Gasteiger partial charge in [-0.05, 0) is 18.2 Å². The highest BCUT2D eigenvalue weighted by Crippen LogP contribution is 2.36. The van der Waals surface area contributed by atoms with Gasteiger partial charge in [0.15, 0.2) is 5.17 Å². The number of carbonyl (C=O) groups is 2. The van der Waals surface area contributed by atoms with E-state index in [1.807, 2.05) is 0 Å². The fourth-order valence-corrected chi connectivity index (χ4v) is 3.99. The number of rotatable bonds is 5. The Kier molecular flexibility index (Phi) is 7.06. The van der Waals surface area contributed by atoms with Gasteiger partial charge in [0.25, 0.3) is 0 Å². The Morgan fingerprint density at radius 2 is 1.93 bits per heavy atom. The van der Waals surface area contributed by atoms with Crippen LogP contribution in [-0.2, 0) is 9.59 Å². The number of nitrogens with one attached hydrogen (secondary N) is 2. The second kappa shape index (κ2) is 9.55. The van der Waals surface area contributed by atoms with Crippen LogP contribution < -0.4 is 20.1 Å². The van der Waals surface area contributed by atoms with Gasteiger partial charge in [0, 0.05) is 18.6 Å². The summed E-state index contributed by atoms with van der Waals surface area (Å²) in [4.78, 5) is 29.1. The molecule has 1 aliphatic rings. The molecular formula is C19H16Cl2FN3O4S. The van der Waals surface area contributed by atoms with Crippen molar-refractivity contribution in [2.45, 2.75) is 11.7 Å². The van der Waals surface area contributed by atoms with Crippen LogP contribution in [0.1, 0.15) is 6.42 Å². The number of nitrogens with zero attached hydrogens (tertiary/aromatic N) is 1. The maximum absolute atomic E-state index is 13.3. The van der Waals surface area contributed by atoms with Crippen molar-refractivity contribution >= 4 is 63.3 Å². The molecule has 2 amide bonds. The molecule has 0 saturated carbocycles. The van der Waals surface area contributed by atoms with Crippen molar-refractivity contribution in [3.8, 4) is 11.5 Å². The predicted octanol–water partition coefficient (Wildman–Crippen LogP) is 4.40. The van der Waals surface area contributed by atoms with Gasteiger partial charge < -0.3 is 20.1 Å². The van der Waals surface area contributed by atoms with Gasteiger partial charge in [0.2, 0.25) is 11.8 Å². The van der Waals surface area contributed by atoms with Crippen LogP contribution in [0.4, 0.5) is 15.8 Å². The number of amidine groups is 1. The number of amides is 2. The first kappa shape index (κ1) is 22.2. The van der Waals surface area contributed by atoms with E-state index in [1.165, 1.54) is 44.6 Å². The number of ether oxygens (including phenoxy) is 2. The second-order valence-corrected chi connectivity index (χ2v) is 8.06. The van der Waals surface area contributed by atoms with Crippen molar-refractivity contribution in [3.63, 3.8) is 0 Å². The highest BCUT2D eigenvalue weighted by atomic mass is 35.5. The Balaban J connectivity index is 1.80. The molecule has 0 radical (unpaired) electrons. The number of thioether (sulfide) groups is 1. The van der Waals surface area contributed by atoms with E-state index in [-0.39, 0.29) is 22.5 Å². The summed E-state index contributed by atoms with van der Waals surface area (Å²) in [7, 11) is 2.89. The third kappa shape index (κ3) is 5.16. The highest BCUT2D eigenvalue weighted by molar-refractivity contribution is 8.15.